The zero-order valence-corrected chi connectivity index (χ0v) is 40.2. The molecule has 0 fully saturated rings. The van der Waals surface area contributed by atoms with Gasteiger partial charge in [0.25, 0.3) is 0 Å². The fraction of sp³-hybridized carbons (Fsp3) is 0.0635. The molecule has 3 aromatic heterocycles. The first-order valence-corrected chi connectivity index (χ1v) is 24.1. The summed E-state index contributed by atoms with van der Waals surface area (Å²) in [5.74, 6) is 0.244. The molecular formula is C63H36F9N5. The molecule has 77 heavy (non-hydrogen) atoms. The van der Waals surface area contributed by atoms with Crippen LogP contribution < -0.4 is 0 Å². The Bertz CT molecular complexity index is 4310. The molecule has 14 heteroatoms. The molecule has 376 valence electrons. The normalized spacial score (nSPS) is 12.3. The minimum absolute atomic E-state index is 0.0108. The highest BCUT2D eigenvalue weighted by molar-refractivity contribution is 6.12. The molecule has 0 radical (unpaired) electrons. The summed E-state index contributed by atoms with van der Waals surface area (Å²) in [6.07, 6.45) is -14.8. The first-order chi connectivity index (χ1) is 36.9. The highest BCUT2D eigenvalue weighted by Crippen LogP contribution is 2.46. The number of benzene rings is 9. The van der Waals surface area contributed by atoms with Crippen molar-refractivity contribution in [3.8, 4) is 73.6 Å². The van der Waals surface area contributed by atoms with Crippen LogP contribution in [-0.2, 0) is 18.5 Å². The maximum atomic E-state index is 14.6. The average molecular weight is 1030 g/mol. The first kappa shape index (κ1) is 48.5. The lowest BCUT2D eigenvalue weighted by atomic mass is 9.95. The molecule has 3 heterocycles. The summed E-state index contributed by atoms with van der Waals surface area (Å²) in [6.45, 7) is 1.61. The summed E-state index contributed by atoms with van der Waals surface area (Å²) in [5.41, 5.74) is 3.09. The Morgan fingerprint density at radius 3 is 1.36 bits per heavy atom. The Morgan fingerprint density at radius 2 is 0.857 bits per heavy atom. The molecule has 0 aliphatic rings. The second kappa shape index (κ2) is 18.1. The van der Waals surface area contributed by atoms with E-state index in [2.05, 4.69) is 6.07 Å². The van der Waals surface area contributed by atoms with Crippen LogP contribution in [0.4, 0.5) is 39.5 Å². The third-order valence-corrected chi connectivity index (χ3v) is 13.9. The number of alkyl halides is 9. The molecular weight excluding hydrogens is 998 g/mol. The van der Waals surface area contributed by atoms with Crippen molar-refractivity contribution in [1.82, 2.24) is 19.1 Å². The van der Waals surface area contributed by atoms with Gasteiger partial charge in [0.05, 0.1) is 67.1 Å². The molecule has 0 bridgehead atoms. The van der Waals surface area contributed by atoms with Gasteiger partial charge in [0, 0.05) is 38.2 Å². The lowest BCUT2D eigenvalue weighted by Crippen LogP contribution is -2.12. The molecule has 0 unspecified atom stereocenters. The molecule has 0 amide bonds. The average Bonchev–Trinajstić information content (AvgIpc) is 4.15. The van der Waals surface area contributed by atoms with E-state index in [0.717, 1.165) is 23.3 Å². The molecule has 0 spiro atoms. The molecule has 5 nitrogen and oxygen atoms in total. The second-order valence-corrected chi connectivity index (χ2v) is 18.7. The van der Waals surface area contributed by atoms with Gasteiger partial charge in [-0.15, -0.1) is 0 Å². The molecule has 0 aliphatic carbocycles. The number of para-hydroxylation sites is 2. The Labute approximate surface area is 433 Å². The highest BCUT2D eigenvalue weighted by Gasteiger charge is 2.39. The molecule has 0 saturated carbocycles. The number of aryl methyl sites for hydroxylation is 1. The topological polar surface area (TPSA) is 59.4 Å². The van der Waals surface area contributed by atoms with E-state index in [-0.39, 0.29) is 28.6 Å². The quantitative estimate of drug-likeness (QED) is 0.149. The van der Waals surface area contributed by atoms with Crippen LogP contribution in [0, 0.1) is 18.3 Å². The van der Waals surface area contributed by atoms with Gasteiger partial charge in [-0.2, -0.15) is 44.8 Å². The van der Waals surface area contributed by atoms with E-state index in [0.29, 0.717) is 89.1 Å². The van der Waals surface area contributed by atoms with Gasteiger partial charge >= 0.3 is 18.5 Å². The van der Waals surface area contributed by atoms with Gasteiger partial charge < -0.3 is 9.13 Å². The van der Waals surface area contributed by atoms with Gasteiger partial charge in [-0.3, -0.25) is 0 Å². The van der Waals surface area contributed by atoms with E-state index in [1.54, 1.807) is 73.7 Å². The fourth-order valence-corrected chi connectivity index (χ4v) is 10.4. The zero-order valence-electron chi connectivity index (χ0n) is 40.2. The van der Waals surface area contributed by atoms with Crippen LogP contribution in [-0.4, -0.2) is 19.1 Å². The Kier molecular flexibility index (Phi) is 11.4. The van der Waals surface area contributed by atoms with E-state index in [1.807, 2.05) is 100 Å². The molecule has 0 aliphatic heterocycles. The van der Waals surface area contributed by atoms with E-state index >= 15 is 0 Å². The van der Waals surface area contributed by atoms with E-state index in [1.165, 1.54) is 18.2 Å². The number of aromatic nitrogens is 4. The minimum atomic E-state index is -5.13. The predicted molar refractivity (Wildman–Crippen MR) is 282 cm³/mol. The van der Waals surface area contributed by atoms with Crippen molar-refractivity contribution in [3.05, 3.63) is 228 Å². The standard InChI is InChI=1S/C63H36F9N5/c1-36-20-24-43(50(28-36)62(67,68)69)39-22-27-57-48(29-39)46-17-9-11-19-55(46)77(57)59-31-41(35-73)58(33-49(59)60-74-52(37-12-4-2-5-13-37)34-53(75-60)38-14-6-3-7-15-38)76-54-18-10-8-16-45(54)47-30-40(21-26-56(47)76)44-25-23-42(61(64,65)66)32-51(44)63(70,71)72/h2-34H,1H3. The van der Waals surface area contributed by atoms with Crippen LogP contribution in [0.3, 0.4) is 0 Å². The van der Waals surface area contributed by atoms with Gasteiger partial charge in [0.2, 0.25) is 0 Å². The largest absolute Gasteiger partial charge is 0.417 e. The van der Waals surface area contributed by atoms with E-state index < -0.39 is 40.8 Å². The minimum Gasteiger partial charge on any atom is -0.308 e. The molecule has 0 saturated heterocycles. The van der Waals surface area contributed by atoms with Crippen molar-refractivity contribution in [2.75, 3.05) is 0 Å². The van der Waals surface area contributed by atoms with E-state index in [4.69, 9.17) is 9.97 Å². The number of rotatable bonds is 7. The fourth-order valence-electron chi connectivity index (χ4n) is 10.4. The van der Waals surface area contributed by atoms with Crippen molar-refractivity contribution < 1.29 is 39.5 Å². The molecule has 0 N–H and O–H groups in total. The number of hydrogen-bond donors (Lipinski definition) is 0. The SMILES string of the molecule is Cc1ccc(-c2ccc3c(c2)c2ccccc2n3-c2cc(C#N)c(-n3c4ccccc4c4cc(-c5ccc(C(F)(F)F)cc5C(F)(F)F)ccc43)cc2-c2nc(-c3ccccc3)cc(-c3ccccc3)n2)c(C(F)(F)F)c1. The van der Waals surface area contributed by atoms with Crippen LogP contribution in [0.15, 0.2) is 200 Å². The summed E-state index contributed by atoms with van der Waals surface area (Å²) in [6, 6.07) is 56.8. The number of fused-ring (bicyclic) bond motifs is 6. The van der Waals surface area contributed by atoms with Crippen molar-refractivity contribution in [3.63, 3.8) is 0 Å². The van der Waals surface area contributed by atoms with Gasteiger partial charge in [0.15, 0.2) is 5.82 Å². The van der Waals surface area contributed by atoms with Crippen molar-refractivity contribution in [2.45, 2.75) is 25.5 Å². The molecule has 9 aromatic carbocycles. The highest BCUT2D eigenvalue weighted by atomic mass is 19.4. The summed E-state index contributed by atoms with van der Waals surface area (Å²) in [7, 11) is 0. The molecule has 0 atom stereocenters. The lowest BCUT2D eigenvalue weighted by Gasteiger charge is -2.19. The van der Waals surface area contributed by atoms with Gasteiger partial charge in [-0.05, 0) is 102 Å². The van der Waals surface area contributed by atoms with Crippen LogP contribution in [0.1, 0.15) is 27.8 Å². The number of nitriles is 1. The smallest absolute Gasteiger partial charge is 0.308 e. The van der Waals surface area contributed by atoms with Gasteiger partial charge in [0.1, 0.15) is 6.07 Å². The predicted octanol–water partition coefficient (Wildman–Crippen LogP) is 18.2. The third kappa shape index (κ3) is 8.50. The molecule has 12 rings (SSSR count). The number of halogens is 9. The second-order valence-electron chi connectivity index (χ2n) is 18.7. The Morgan fingerprint density at radius 1 is 0.390 bits per heavy atom. The summed E-state index contributed by atoms with van der Waals surface area (Å²) >= 11 is 0. The summed E-state index contributed by atoms with van der Waals surface area (Å²) in [4.78, 5) is 10.5. The Balaban J connectivity index is 1.15. The van der Waals surface area contributed by atoms with Crippen LogP contribution in [0.5, 0.6) is 0 Å². The number of nitrogens with zero attached hydrogens (tertiary/aromatic N) is 5. The zero-order chi connectivity index (χ0) is 53.5. The molecule has 12 aromatic rings. The third-order valence-electron chi connectivity index (χ3n) is 13.9. The van der Waals surface area contributed by atoms with Gasteiger partial charge in [-0.1, -0.05) is 133 Å². The van der Waals surface area contributed by atoms with Crippen LogP contribution >= 0.6 is 0 Å². The Hall–Kier alpha value is -9.48. The van der Waals surface area contributed by atoms with Crippen molar-refractivity contribution in [1.29, 1.82) is 5.26 Å². The van der Waals surface area contributed by atoms with Crippen LogP contribution in [0.25, 0.3) is 111 Å². The van der Waals surface area contributed by atoms with Crippen LogP contribution in [0.2, 0.25) is 0 Å². The van der Waals surface area contributed by atoms with Gasteiger partial charge in [-0.25, -0.2) is 9.97 Å². The maximum Gasteiger partial charge on any atom is 0.417 e. The monoisotopic (exact) mass is 1030 g/mol. The number of hydrogen-bond acceptors (Lipinski definition) is 3. The first-order valence-electron chi connectivity index (χ1n) is 24.1. The summed E-state index contributed by atoms with van der Waals surface area (Å²) < 4.78 is 133. The van der Waals surface area contributed by atoms with Crippen molar-refractivity contribution >= 4 is 43.6 Å². The van der Waals surface area contributed by atoms with E-state index in [9.17, 15) is 44.8 Å². The lowest BCUT2D eigenvalue weighted by molar-refractivity contribution is -0.143. The summed E-state index contributed by atoms with van der Waals surface area (Å²) in [5, 5.41) is 13.7. The van der Waals surface area contributed by atoms with Crippen molar-refractivity contribution in [2.24, 2.45) is 0 Å². The maximum absolute atomic E-state index is 14.6.